The number of hydrogen-bond donors (Lipinski definition) is 3. The van der Waals surface area contributed by atoms with Gasteiger partial charge in [0.1, 0.15) is 17.1 Å². The summed E-state index contributed by atoms with van der Waals surface area (Å²) < 4.78 is 0. The zero-order valence-corrected chi connectivity index (χ0v) is 17.5. The Kier molecular flexibility index (Phi) is 7.95. The molecule has 3 aromatic heterocycles. The Morgan fingerprint density at radius 3 is 2.66 bits per heavy atom. The molecule has 0 bridgehead atoms. The van der Waals surface area contributed by atoms with E-state index < -0.39 is 0 Å². The van der Waals surface area contributed by atoms with Gasteiger partial charge in [-0.3, -0.25) is 4.98 Å². The van der Waals surface area contributed by atoms with Gasteiger partial charge in [0, 0.05) is 37.9 Å². The number of halogens is 2. The summed E-state index contributed by atoms with van der Waals surface area (Å²) in [5.41, 5.74) is 2.43. The molecule has 0 aromatic carbocycles. The summed E-state index contributed by atoms with van der Waals surface area (Å²) in [4.78, 5) is 10.6. The Morgan fingerprint density at radius 2 is 2.00 bits per heavy atom. The van der Waals surface area contributed by atoms with Crippen molar-refractivity contribution in [2.45, 2.75) is 13.0 Å². The molecular weight excluding hydrogens is 413 g/mol. The molecule has 1 aliphatic rings. The van der Waals surface area contributed by atoms with E-state index >= 15 is 0 Å². The summed E-state index contributed by atoms with van der Waals surface area (Å²) in [6.07, 6.45) is 5.05. The van der Waals surface area contributed by atoms with Gasteiger partial charge in [0.2, 0.25) is 0 Å². The van der Waals surface area contributed by atoms with E-state index in [2.05, 4.69) is 42.6 Å². The molecule has 1 fully saturated rings. The van der Waals surface area contributed by atoms with Crippen LogP contribution in [0.3, 0.4) is 0 Å². The predicted molar refractivity (Wildman–Crippen MR) is 119 cm³/mol. The molecule has 4 heterocycles. The van der Waals surface area contributed by atoms with Crippen molar-refractivity contribution in [3.63, 3.8) is 0 Å². The second kappa shape index (κ2) is 10.2. The quantitative estimate of drug-likeness (QED) is 0.574. The monoisotopic (exact) mass is 435 g/mol. The molecule has 29 heavy (non-hydrogen) atoms. The zero-order chi connectivity index (χ0) is 18.6. The highest BCUT2D eigenvalue weighted by atomic mass is 35.5. The van der Waals surface area contributed by atoms with Crippen LogP contribution in [0.15, 0.2) is 48.9 Å². The van der Waals surface area contributed by atoms with Crippen LogP contribution in [-0.4, -0.2) is 50.9 Å². The SMILES string of the molecule is CC1CN(c2ccc(-c3ncc(Nc4cccnc4)cc3O)nn2)CCN1.Cl.Cl. The molecule has 3 N–H and O–H groups in total. The highest BCUT2D eigenvalue weighted by Gasteiger charge is 2.18. The van der Waals surface area contributed by atoms with Gasteiger partial charge in [-0.1, -0.05) is 0 Å². The Labute approximate surface area is 181 Å². The summed E-state index contributed by atoms with van der Waals surface area (Å²) in [6, 6.07) is 9.52. The average molecular weight is 436 g/mol. The molecule has 1 saturated heterocycles. The van der Waals surface area contributed by atoms with E-state index in [1.54, 1.807) is 24.7 Å². The maximum absolute atomic E-state index is 10.4. The Hall–Kier alpha value is -2.68. The van der Waals surface area contributed by atoms with Crippen LogP contribution in [0.2, 0.25) is 0 Å². The number of anilines is 3. The van der Waals surface area contributed by atoms with Crippen molar-refractivity contribution in [3.05, 3.63) is 48.9 Å². The fourth-order valence-electron chi connectivity index (χ4n) is 3.08. The van der Waals surface area contributed by atoms with E-state index in [9.17, 15) is 5.11 Å². The maximum atomic E-state index is 10.4. The highest BCUT2D eigenvalue weighted by Crippen LogP contribution is 2.29. The molecule has 0 saturated carbocycles. The zero-order valence-electron chi connectivity index (χ0n) is 15.8. The van der Waals surface area contributed by atoms with Gasteiger partial charge in [-0.05, 0) is 31.2 Å². The van der Waals surface area contributed by atoms with Gasteiger partial charge in [-0.2, -0.15) is 0 Å². The van der Waals surface area contributed by atoms with Crippen molar-refractivity contribution in [2.75, 3.05) is 29.9 Å². The van der Waals surface area contributed by atoms with Crippen molar-refractivity contribution in [3.8, 4) is 17.1 Å². The average Bonchev–Trinajstić information content (AvgIpc) is 2.69. The molecule has 1 aliphatic heterocycles. The van der Waals surface area contributed by atoms with Crippen molar-refractivity contribution in [1.29, 1.82) is 0 Å². The molecule has 3 aromatic rings. The number of aromatic hydroxyl groups is 1. The third kappa shape index (κ3) is 5.44. The van der Waals surface area contributed by atoms with E-state index in [-0.39, 0.29) is 30.6 Å². The minimum absolute atomic E-state index is 0. The first-order valence-electron chi connectivity index (χ1n) is 8.87. The lowest BCUT2D eigenvalue weighted by atomic mass is 10.2. The second-order valence-corrected chi connectivity index (χ2v) is 6.54. The number of hydrogen-bond acceptors (Lipinski definition) is 8. The topological polar surface area (TPSA) is 99.1 Å². The van der Waals surface area contributed by atoms with Crippen LogP contribution in [0.4, 0.5) is 17.2 Å². The number of piperazine rings is 1. The first kappa shape index (κ1) is 22.6. The fourth-order valence-corrected chi connectivity index (χ4v) is 3.08. The van der Waals surface area contributed by atoms with Crippen LogP contribution >= 0.6 is 24.8 Å². The van der Waals surface area contributed by atoms with Crippen molar-refractivity contribution >= 4 is 42.0 Å². The number of rotatable bonds is 4. The van der Waals surface area contributed by atoms with Crippen LogP contribution in [0, 0.1) is 0 Å². The van der Waals surface area contributed by atoms with Gasteiger partial charge in [-0.25, -0.2) is 4.98 Å². The van der Waals surface area contributed by atoms with Gasteiger partial charge < -0.3 is 20.6 Å². The number of nitrogens with zero attached hydrogens (tertiary/aromatic N) is 5. The molecule has 154 valence electrons. The van der Waals surface area contributed by atoms with E-state index in [0.29, 0.717) is 23.1 Å². The third-order valence-electron chi connectivity index (χ3n) is 4.40. The summed E-state index contributed by atoms with van der Waals surface area (Å²) in [5, 5.41) is 25.5. The third-order valence-corrected chi connectivity index (χ3v) is 4.40. The Morgan fingerprint density at radius 1 is 1.14 bits per heavy atom. The molecule has 10 heteroatoms. The molecule has 0 radical (unpaired) electrons. The van der Waals surface area contributed by atoms with Crippen molar-refractivity contribution in [1.82, 2.24) is 25.5 Å². The largest absolute Gasteiger partial charge is 0.506 e. The minimum Gasteiger partial charge on any atom is -0.506 e. The minimum atomic E-state index is 0. The molecule has 0 amide bonds. The Bertz CT molecular complexity index is 912. The van der Waals surface area contributed by atoms with E-state index in [0.717, 1.165) is 31.1 Å². The fraction of sp³-hybridized carbons (Fsp3) is 0.263. The number of pyridine rings is 2. The van der Waals surface area contributed by atoms with Crippen LogP contribution < -0.4 is 15.5 Å². The van der Waals surface area contributed by atoms with Gasteiger partial charge in [0.25, 0.3) is 0 Å². The lowest BCUT2D eigenvalue weighted by molar-refractivity contribution is 0.475. The smallest absolute Gasteiger partial charge is 0.151 e. The van der Waals surface area contributed by atoms with E-state index in [4.69, 9.17) is 0 Å². The highest BCUT2D eigenvalue weighted by molar-refractivity contribution is 5.85. The van der Waals surface area contributed by atoms with Crippen molar-refractivity contribution in [2.24, 2.45) is 0 Å². The Balaban J connectivity index is 0.00000150. The van der Waals surface area contributed by atoms with Crippen LogP contribution in [-0.2, 0) is 0 Å². The summed E-state index contributed by atoms with van der Waals surface area (Å²) in [7, 11) is 0. The van der Waals surface area contributed by atoms with Gasteiger partial charge >= 0.3 is 0 Å². The summed E-state index contributed by atoms with van der Waals surface area (Å²) >= 11 is 0. The standard InChI is InChI=1S/C19H21N7O.2ClH/c1-13-12-26(8-7-21-13)18-5-4-16(24-25-18)19-17(27)9-15(11-22-19)23-14-3-2-6-20-10-14;;/h2-6,9-11,13,21,23,27H,7-8,12H2,1H3;2*1H. The van der Waals surface area contributed by atoms with Gasteiger partial charge in [0.15, 0.2) is 5.82 Å². The van der Waals surface area contributed by atoms with Crippen molar-refractivity contribution < 1.29 is 5.11 Å². The molecule has 8 nitrogen and oxygen atoms in total. The molecule has 1 unspecified atom stereocenters. The van der Waals surface area contributed by atoms with E-state index in [1.165, 1.54) is 0 Å². The second-order valence-electron chi connectivity index (χ2n) is 6.54. The number of aromatic nitrogens is 4. The normalized spacial score (nSPS) is 15.8. The molecule has 1 atom stereocenters. The van der Waals surface area contributed by atoms with E-state index in [1.807, 2.05) is 24.3 Å². The lowest BCUT2D eigenvalue weighted by Gasteiger charge is -2.32. The van der Waals surface area contributed by atoms with Crippen LogP contribution in [0.5, 0.6) is 5.75 Å². The summed E-state index contributed by atoms with van der Waals surface area (Å²) in [5.74, 6) is 0.878. The molecule has 0 aliphatic carbocycles. The molecule has 4 rings (SSSR count). The van der Waals surface area contributed by atoms with Gasteiger partial charge in [-0.15, -0.1) is 35.0 Å². The predicted octanol–water partition coefficient (Wildman–Crippen LogP) is 3.02. The van der Waals surface area contributed by atoms with Gasteiger partial charge in [0.05, 0.1) is 23.8 Å². The maximum Gasteiger partial charge on any atom is 0.151 e. The first-order chi connectivity index (χ1) is 13.2. The number of nitrogens with one attached hydrogen (secondary N) is 2. The molecular formula is C19H23Cl2N7O. The summed E-state index contributed by atoms with van der Waals surface area (Å²) in [6.45, 7) is 4.87. The van der Waals surface area contributed by atoms with Crippen LogP contribution in [0.25, 0.3) is 11.4 Å². The molecule has 0 spiro atoms. The van der Waals surface area contributed by atoms with Crippen LogP contribution in [0.1, 0.15) is 6.92 Å². The first-order valence-corrected chi connectivity index (χ1v) is 8.87. The lowest BCUT2D eigenvalue weighted by Crippen LogP contribution is -2.49.